The van der Waals surface area contributed by atoms with Crippen molar-refractivity contribution < 1.29 is 18.0 Å². The minimum absolute atomic E-state index is 0.0859. The van der Waals surface area contributed by atoms with Crippen LogP contribution in [0.1, 0.15) is 0 Å². The normalized spacial score (nSPS) is 11.8. The highest BCUT2D eigenvalue weighted by atomic mass is 32.2. The number of hydrogen-bond acceptors (Lipinski definition) is 4. The molecule has 1 N–H and O–H groups in total. The zero-order valence-corrected chi connectivity index (χ0v) is 10.7. The summed E-state index contributed by atoms with van der Waals surface area (Å²) in [6, 6.07) is 4.49. The van der Waals surface area contributed by atoms with Crippen molar-refractivity contribution in [2.24, 2.45) is 0 Å². The molecule has 0 saturated heterocycles. The van der Waals surface area contributed by atoms with E-state index in [1.165, 1.54) is 35.2 Å². The van der Waals surface area contributed by atoms with Crippen molar-refractivity contribution in [1.82, 2.24) is 4.98 Å². The van der Waals surface area contributed by atoms with Crippen LogP contribution in [0.25, 0.3) is 10.2 Å². The molecule has 1 amide bonds. The van der Waals surface area contributed by atoms with Gasteiger partial charge >= 0.3 is 12.1 Å². The third-order valence-electron chi connectivity index (χ3n) is 2.06. The largest absolute Gasteiger partial charge is 0.471 e. The maximum absolute atomic E-state index is 12.1. The molecule has 2 aromatic rings. The van der Waals surface area contributed by atoms with Crippen LogP contribution in [0.5, 0.6) is 0 Å². The van der Waals surface area contributed by atoms with Gasteiger partial charge in [0.15, 0.2) is 4.34 Å². The van der Waals surface area contributed by atoms with Crippen LogP contribution in [-0.2, 0) is 4.79 Å². The van der Waals surface area contributed by atoms with E-state index in [9.17, 15) is 18.0 Å². The zero-order chi connectivity index (χ0) is 13.3. The van der Waals surface area contributed by atoms with Crippen LogP contribution in [-0.4, -0.2) is 23.3 Å². The van der Waals surface area contributed by atoms with Gasteiger partial charge in [-0.15, -0.1) is 11.3 Å². The molecule has 0 spiro atoms. The van der Waals surface area contributed by atoms with Crippen LogP contribution in [0.3, 0.4) is 0 Å². The van der Waals surface area contributed by atoms with Gasteiger partial charge in [0, 0.05) is 5.69 Å². The van der Waals surface area contributed by atoms with Gasteiger partial charge in [-0.25, -0.2) is 4.98 Å². The van der Waals surface area contributed by atoms with Crippen LogP contribution in [0.15, 0.2) is 22.5 Å². The van der Waals surface area contributed by atoms with E-state index in [0.717, 1.165) is 9.04 Å². The van der Waals surface area contributed by atoms with E-state index < -0.39 is 12.1 Å². The van der Waals surface area contributed by atoms with Crippen LogP contribution >= 0.6 is 23.1 Å². The van der Waals surface area contributed by atoms with E-state index in [4.69, 9.17) is 0 Å². The van der Waals surface area contributed by atoms with Crippen LogP contribution in [0.2, 0.25) is 0 Å². The van der Waals surface area contributed by atoms with Gasteiger partial charge < -0.3 is 5.32 Å². The van der Waals surface area contributed by atoms with E-state index in [1.54, 1.807) is 11.4 Å². The summed E-state index contributed by atoms with van der Waals surface area (Å²) in [5.74, 6) is -1.98. The Morgan fingerprint density at radius 2 is 2.17 bits per heavy atom. The SMILES string of the molecule is CSc1nc2cc(NC(=O)C(F)(F)F)ccc2s1. The van der Waals surface area contributed by atoms with Gasteiger partial charge in [0.05, 0.1) is 10.2 Å². The lowest BCUT2D eigenvalue weighted by Crippen LogP contribution is -2.29. The molecule has 1 heterocycles. The van der Waals surface area contributed by atoms with Gasteiger partial charge in [0.1, 0.15) is 0 Å². The fourth-order valence-corrected chi connectivity index (χ4v) is 2.74. The maximum Gasteiger partial charge on any atom is 0.471 e. The molecule has 3 nitrogen and oxygen atoms in total. The first-order valence-electron chi connectivity index (χ1n) is 4.73. The smallest absolute Gasteiger partial charge is 0.318 e. The summed E-state index contributed by atoms with van der Waals surface area (Å²) in [6.45, 7) is 0. The number of hydrogen-bond donors (Lipinski definition) is 1. The van der Waals surface area contributed by atoms with Crippen molar-refractivity contribution >= 4 is 44.9 Å². The minimum Gasteiger partial charge on any atom is -0.318 e. The Balaban J connectivity index is 2.27. The number of carbonyl (C=O) groups excluding carboxylic acids is 1. The summed E-state index contributed by atoms with van der Waals surface area (Å²) in [4.78, 5) is 15.0. The number of anilines is 1. The lowest BCUT2D eigenvalue weighted by molar-refractivity contribution is -0.167. The molecule has 0 fully saturated rings. The number of rotatable bonds is 2. The number of benzene rings is 1. The first kappa shape index (κ1) is 13.2. The molecular formula is C10H7F3N2OS2. The monoisotopic (exact) mass is 292 g/mol. The molecule has 0 unspecified atom stereocenters. The Bertz CT molecular complexity index is 594. The van der Waals surface area contributed by atoms with E-state index in [0.29, 0.717) is 5.52 Å². The molecule has 0 aliphatic carbocycles. The lowest BCUT2D eigenvalue weighted by atomic mass is 10.3. The molecule has 0 bridgehead atoms. The number of alkyl halides is 3. The number of thiazole rings is 1. The maximum atomic E-state index is 12.1. The number of nitrogens with one attached hydrogen (secondary N) is 1. The van der Waals surface area contributed by atoms with Crippen molar-refractivity contribution in [3.63, 3.8) is 0 Å². The molecule has 2 rings (SSSR count). The van der Waals surface area contributed by atoms with Gasteiger partial charge in [-0.1, -0.05) is 11.8 Å². The zero-order valence-electron chi connectivity index (χ0n) is 9.04. The highest BCUT2D eigenvalue weighted by Crippen LogP contribution is 2.30. The third kappa shape index (κ3) is 2.75. The fraction of sp³-hybridized carbons (Fsp3) is 0.200. The van der Waals surface area contributed by atoms with Crippen molar-refractivity contribution in [2.75, 3.05) is 11.6 Å². The first-order chi connectivity index (χ1) is 8.40. The predicted octanol–water partition coefficient (Wildman–Crippen LogP) is 3.52. The summed E-state index contributed by atoms with van der Waals surface area (Å²) in [7, 11) is 0. The summed E-state index contributed by atoms with van der Waals surface area (Å²) in [5.41, 5.74) is 0.659. The number of thioether (sulfide) groups is 1. The van der Waals surface area contributed by atoms with Crippen molar-refractivity contribution in [1.29, 1.82) is 0 Å². The Morgan fingerprint density at radius 1 is 1.44 bits per heavy atom. The lowest BCUT2D eigenvalue weighted by Gasteiger charge is -2.07. The summed E-state index contributed by atoms with van der Waals surface area (Å²) < 4.78 is 37.9. The topological polar surface area (TPSA) is 42.0 Å². The first-order valence-corrected chi connectivity index (χ1v) is 6.77. The van der Waals surface area contributed by atoms with Gasteiger partial charge in [0.25, 0.3) is 0 Å². The second-order valence-electron chi connectivity index (χ2n) is 3.32. The average Bonchev–Trinajstić information content (AvgIpc) is 2.69. The second-order valence-corrected chi connectivity index (χ2v) is 5.40. The number of carbonyl (C=O) groups is 1. The Kier molecular flexibility index (Phi) is 3.49. The quantitative estimate of drug-likeness (QED) is 0.861. The number of halogens is 3. The molecule has 96 valence electrons. The molecule has 0 aliphatic rings. The number of fused-ring (bicyclic) bond motifs is 1. The molecule has 0 radical (unpaired) electrons. The number of amides is 1. The Labute approximate surface area is 108 Å². The molecule has 0 aliphatic heterocycles. The Morgan fingerprint density at radius 3 is 2.78 bits per heavy atom. The van der Waals surface area contributed by atoms with Gasteiger partial charge in [-0.05, 0) is 24.5 Å². The number of aromatic nitrogens is 1. The van der Waals surface area contributed by atoms with E-state index in [2.05, 4.69) is 4.98 Å². The van der Waals surface area contributed by atoms with Crippen molar-refractivity contribution in [2.45, 2.75) is 10.5 Å². The highest BCUT2D eigenvalue weighted by Gasteiger charge is 2.38. The summed E-state index contributed by atoms with van der Waals surface area (Å²) >= 11 is 2.91. The molecule has 0 saturated carbocycles. The second kappa shape index (κ2) is 4.77. The predicted molar refractivity (Wildman–Crippen MR) is 66.1 cm³/mol. The molecule has 1 aromatic heterocycles. The standard InChI is InChI=1S/C10H7F3N2OS2/c1-17-9-15-6-4-5(2-3-7(6)18-9)14-8(16)10(11,12)13/h2-4H,1H3,(H,14,16). The van der Waals surface area contributed by atoms with Gasteiger partial charge in [-0.3, -0.25) is 4.79 Å². The van der Waals surface area contributed by atoms with E-state index in [-0.39, 0.29) is 5.69 Å². The average molecular weight is 292 g/mol. The molecule has 18 heavy (non-hydrogen) atoms. The fourth-order valence-electron chi connectivity index (χ4n) is 1.27. The highest BCUT2D eigenvalue weighted by molar-refractivity contribution is 8.00. The summed E-state index contributed by atoms with van der Waals surface area (Å²) in [5, 5.41) is 1.80. The van der Waals surface area contributed by atoms with Crippen LogP contribution < -0.4 is 5.32 Å². The molecule has 1 aromatic carbocycles. The summed E-state index contributed by atoms with van der Waals surface area (Å²) in [6.07, 6.45) is -3.02. The molecular weight excluding hydrogens is 285 g/mol. The third-order valence-corrected chi connectivity index (χ3v) is 4.08. The van der Waals surface area contributed by atoms with E-state index >= 15 is 0 Å². The van der Waals surface area contributed by atoms with Crippen LogP contribution in [0, 0.1) is 0 Å². The van der Waals surface area contributed by atoms with Crippen LogP contribution in [0.4, 0.5) is 18.9 Å². The van der Waals surface area contributed by atoms with Gasteiger partial charge in [-0.2, -0.15) is 13.2 Å². The van der Waals surface area contributed by atoms with Crippen molar-refractivity contribution in [3.05, 3.63) is 18.2 Å². The van der Waals surface area contributed by atoms with Gasteiger partial charge in [0.2, 0.25) is 0 Å². The van der Waals surface area contributed by atoms with E-state index in [1.807, 2.05) is 6.26 Å². The molecule has 0 atom stereocenters. The van der Waals surface area contributed by atoms with Crippen molar-refractivity contribution in [3.8, 4) is 0 Å². The molecule has 8 heteroatoms. The Hall–Kier alpha value is -1.28. The minimum atomic E-state index is -4.89. The number of nitrogens with zero attached hydrogens (tertiary/aromatic N) is 1.